The molecule has 2 aromatic rings. The zero-order valence-electron chi connectivity index (χ0n) is 11.6. The Bertz CT molecular complexity index is 674. The summed E-state index contributed by atoms with van der Waals surface area (Å²) in [6.07, 6.45) is 4.52. The van der Waals surface area contributed by atoms with Gasteiger partial charge in [0.2, 0.25) is 0 Å². The van der Waals surface area contributed by atoms with Crippen LogP contribution in [-0.2, 0) is 0 Å². The van der Waals surface area contributed by atoms with Crippen LogP contribution in [0.15, 0.2) is 24.5 Å². The van der Waals surface area contributed by atoms with Crippen molar-refractivity contribution in [2.75, 3.05) is 5.73 Å². The lowest BCUT2D eigenvalue weighted by Gasteiger charge is -2.28. The topological polar surface area (TPSA) is 101 Å². The number of fused-ring (bicyclic) bond motifs is 1. The lowest BCUT2D eigenvalue weighted by atomic mass is 9.92. The van der Waals surface area contributed by atoms with Gasteiger partial charge in [-0.15, -0.1) is 0 Å². The van der Waals surface area contributed by atoms with Crippen LogP contribution in [-0.4, -0.2) is 33.1 Å². The summed E-state index contributed by atoms with van der Waals surface area (Å²) in [7, 11) is 0. The lowest BCUT2D eigenvalue weighted by molar-refractivity contribution is 0.0717. The van der Waals surface area contributed by atoms with Gasteiger partial charge in [-0.25, -0.2) is 9.97 Å². The summed E-state index contributed by atoms with van der Waals surface area (Å²) in [5.41, 5.74) is 6.92. The molecule has 1 amide bonds. The van der Waals surface area contributed by atoms with Gasteiger partial charge in [0.15, 0.2) is 0 Å². The first-order valence-electron chi connectivity index (χ1n) is 7.14. The second-order valence-corrected chi connectivity index (χ2v) is 5.42. The van der Waals surface area contributed by atoms with Gasteiger partial charge in [-0.1, -0.05) is 12.8 Å². The molecule has 4 N–H and O–H groups in total. The molecule has 1 saturated carbocycles. The van der Waals surface area contributed by atoms with Crippen molar-refractivity contribution in [3.05, 3.63) is 30.1 Å². The Labute approximate surface area is 122 Å². The van der Waals surface area contributed by atoms with E-state index >= 15 is 0 Å². The number of anilines is 1. The van der Waals surface area contributed by atoms with Crippen LogP contribution in [0.5, 0.6) is 0 Å². The Morgan fingerprint density at radius 3 is 2.90 bits per heavy atom. The number of rotatable bonds is 2. The molecule has 110 valence electrons. The van der Waals surface area contributed by atoms with E-state index in [2.05, 4.69) is 15.3 Å². The number of nitrogens with two attached hydrogens (primary N) is 1. The molecule has 2 unspecified atom stereocenters. The van der Waals surface area contributed by atoms with Crippen LogP contribution < -0.4 is 11.1 Å². The second kappa shape index (κ2) is 5.65. The van der Waals surface area contributed by atoms with Crippen molar-refractivity contribution in [1.29, 1.82) is 0 Å². The van der Waals surface area contributed by atoms with Crippen molar-refractivity contribution in [2.45, 2.75) is 37.8 Å². The fourth-order valence-electron chi connectivity index (χ4n) is 2.75. The Kier molecular flexibility index (Phi) is 3.70. The highest BCUT2D eigenvalue weighted by atomic mass is 16.3. The van der Waals surface area contributed by atoms with Crippen LogP contribution in [0, 0.1) is 0 Å². The first-order valence-corrected chi connectivity index (χ1v) is 7.14. The molecule has 3 rings (SSSR count). The zero-order chi connectivity index (χ0) is 14.8. The predicted molar refractivity (Wildman–Crippen MR) is 79.7 cm³/mol. The number of hydrogen-bond acceptors (Lipinski definition) is 5. The maximum atomic E-state index is 12.3. The van der Waals surface area contributed by atoms with Crippen molar-refractivity contribution in [3.63, 3.8) is 0 Å². The highest BCUT2D eigenvalue weighted by Crippen LogP contribution is 2.20. The molecule has 1 aliphatic carbocycles. The molecule has 6 heteroatoms. The number of aliphatic hydroxyl groups is 1. The van der Waals surface area contributed by atoms with E-state index in [-0.39, 0.29) is 11.9 Å². The monoisotopic (exact) mass is 286 g/mol. The number of aliphatic hydroxyl groups excluding tert-OH is 1. The van der Waals surface area contributed by atoms with E-state index in [9.17, 15) is 9.90 Å². The third-order valence-corrected chi connectivity index (χ3v) is 3.98. The molecular formula is C15H18N4O2. The fourth-order valence-corrected chi connectivity index (χ4v) is 2.75. The lowest BCUT2D eigenvalue weighted by Crippen LogP contribution is -2.45. The van der Waals surface area contributed by atoms with Gasteiger partial charge in [-0.05, 0) is 31.0 Å². The Balaban J connectivity index is 1.81. The van der Waals surface area contributed by atoms with Gasteiger partial charge in [0.05, 0.1) is 17.7 Å². The van der Waals surface area contributed by atoms with E-state index < -0.39 is 6.10 Å². The largest absolute Gasteiger partial charge is 0.391 e. The highest BCUT2D eigenvalue weighted by molar-refractivity contribution is 5.99. The number of carbonyl (C=O) groups excluding carboxylic acids is 1. The maximum Gasteiger partial charge on any atom is 0.251 e. The van der Waals surface area contributed by atoms with Gasteiger partial charge in [0.1, 0.15) is 12.1 Å². The molecule has 1 heterocycles. The Morgan fingerprint density at radius 2 is 2.10 bits per heavy atom. The van der Waals surface area contributed by atoms with E-state index in [1.807, 2.05) is 0 Å². The number of carbonyl (C=O) groups is 1. The van der Waals surface area contributed by atoms with Crippen molar-refractivity contribution in [3.8, 4) is 0 Å². The van der Waals surface area contributed by atoms with Crippen LogP contribution in [0.2, 0.25) is 0 Å². The first kappa shape index (κ1) is 13.8. The quantitative estimate of drug-likeness (QED) is 0.771. The van der Waals surface area contributed by atoms with Crippen molar-refractivity contribution >= 4 is 22.6 Å². The number of nitrogens with one attached hydrogen (secondary N) is 1. The fraction of sp³-hybridized carbons (Fsp3) is 0.400. The van der Waals surface area contributed by atoms with Gasteiger partial charge >= 0.3 is 0 Å². The van der Waals surface area contributed by atoms with Crippen LogP contribution in [0.25, 0.3) is 10.9 Å². The van der Waals surface area contributed by atoms with Gasteiger partial charge in [-0.2, -0.15) is 0 Å². The molecule has 0 bridgehead atoms. The predicted octanol–water partition coefficient (Wildman–Crippen LogP) is 1.25. The highest BCUT2D eigenvalue weighted by Gasteiger charge is 2.24. The van der Waals surface area contributed by atoms with Crippen molar-refractivity contribution < 1.29 is 9.90 Å². The summed E-state index contributed by atoms with van der Waals surface area (Å²) in [5.74, 6) is 0.203. The van der Waals surface area contributed by atoms with Crippen molar-refractivity contribution in [1.82, 2.24) is 15.3 Å². The molecule has 1 aromatic heterocycles. The molecule has 0 spiro atoms. The second-order valence-electron chi connectivity index (χ2n) is 5.42. The maximum absolute atomic E-state index is 12.3. The van der Waals surface area contributed by atoms with E-state index in [1.165, 1.54) is 6.33 Å². The van der Waals surface area contributed by atoms with E-state index in [1.54, 1.807) is 18.2 Å². The minimum absolute atomic E-state index is 0.169. The SMILES string of the molecule is Nc1ncnc2cc(C(=O)NC3CCCCC3O)ccc12. The first-order chi connectivity index (χ1) is 10.1. The number of amides is 1. The molecule has 6 nitrogen and oxygen atoms in total. The minimum Gasteiger partial charge on any atom is -0.391 e. The molecule has 0 saturated heterocycles. The zero-order valence-corrected chi connectivity index (χ0v) is 11.6. The third kappa shape index (κ3) is 2.80. The van der Waals surface area contributed by atoms with Crippen LogP contribution >= 0.6 is 0 Å². The summed E-state index contributed by atoms with van der Waals surface area (Å²) in [4.78, 5) is 20.3. The van der Waals surface area contributed by atoms with E-state index in [4.69, 9.17) is 5.73 Å². The summed E-state index contributed by atoms with van der Waals surface area (Å²) in [6, 6.07) is 4.97. The molecule has 0 aliphatic heterocycles. The summed E-state index contributed by atoms with van der Waals surface area (Å²) < 4.78 is 0. The molecular weight excluding hydrogens is 268 g/mol. The minimum atomic E-state index is -0.457. The molecule has 2 atom stereocenters. The number of benzene rings is 1. The van der Waals surface area contributed by atoms with Gasteiger partial charge < -0.3 is 16.2 Å². The van der Waals surface area contributed by atoms with Crippen molar-refractivity contribution in [2.24, 2.45) is 0 Å². The van der Waals surface area contributed by atoms with Crippen LogP contribution in [0.3, 0.4) is 0 Å². The smallest absolute Gasteiger partial charge is 0.251 e. The van der Waals surface area contributed by atoms with E-state index in [0.717, 1.165) is 31.1 Å². The Hall–Kier alpha value is -2.21. The molecule has 0 radical (unpaired) electrons. The van der Waals surface area contributed by atoms with Gasteiger partial charge in [0, 0.05) is 10.9 Å². The molecule has 1 aromatic carbocycles. The van der Waals surface area contributed by atoms with Crippen LogP contribution in [0.4, 0.5) is 5.82 Å². The molecule has 21 heavy (non-hydrogen) atoms. The van der Waals surface area contributed by atoms with E-state index in [0.29, 0.717) is 16.9 Å². The number of aromatic nitrogens is 2. The third-order valence-electron chi connectivity index (χ3n) is 3.98. The van der Waals surface area contributed by atoms with Gasteiger partial charge in [-0.3, -0.25) is 4.79 Å². The molecule has 1 aliphatic rings. The molecule has 1 fully saturated rings. The van der Waals surface area contributed by atoms with Gasteiger partial charge in [0.25, 0.3) is 5.91 Å². The number of hydrogen-bond donors (Lipinski definition) is 3. The van der Waals surface area contributed by atoms with Crippen LogP contribution in [0.1, 0.15) is 36.0 Å². The summed E-state index contributed by atoms with van der Waals surface area (Å²) in [6.45, 7) is 0. The average molecular weight is 286 g/mol. The Morgan fingerprint density at radius 1 is 1.29 bits per heavy atom. The summed E-state index contributed by atoms with van der Waals surface area (Å²) in [5, 5.41) is 13.6. The standard InChI is InChI=1S/C15H18N4O2/c16-14-10-6-5-9(7-12(10)17-8-18-14)15(21)19-11-3-1-2-4-13(11)20/h5-8,11,13,20H,1-4H2,(H,19,21)(H2,16,17,18). The number of nitrogen functional groups attached to an aromatic ring is 1. The average Bonchev–Trinajstić information content (AvgIpc) is 2.49. The summed E-state index contributed by atoms with van der Waals surface area (Å²) >= 11 is 0. The normalized spacial score (nSPS) is 22.1. The number of nitrogens with zero attached hydrogens (tertiary/aromatic N) is 2.